The average molecular weight is 362 g/mol. The lowest BCUT2D eigenvalue weighted by Gasteiger charge is -2.34. The van der Waals surface area contributed by atoms with Crippen molar-refractivity contribution in [3.05, 3.63) is 23.8 Å². The lowest BCUT2D eigenvalue weighted by Crippen LogP contribution is -2.44. The SMILES string of the molecule is Cc1cc(N2CCN(C)CC2)ccc1NC(=O)CCN1CCSC1=O. The number of carbonyl (C=O) groups excluding carboxylic acids is 2. The Hall–Kier alpha value is -1.73. The van der Waals surface area contributed by atoms with E-state index in [1.807, 2.05) is 13.0 Å². The van der Waals surface area contributed by atoms with Gasteiger partial charge in [0.05, 0.1) is 0 Å². The summed E-state index contributed by atoms with van der Waals surface area (Å²) in [5, 5.41) is 3.06. The summed E-state index contributed by atoms with van der Waals surface area (Å²) in [5.74, 6) is 0.785. The molecule has 0 unspecified atom stereocenters. The molecule has 0 spiro atoms. The summed E-state index contributed by atoms with van der Waals surface area (Å²) in [5.41, 5.74) is 3.13. The minimum Gasteiger partial charge on any atom is -0.369 e. The summed E-state index contributed by atoms with van der Waals surface area (Å²) < 4.78 is 0. The van der Waals surface area contributed by atoms with Gasteiger partial charge in [0.2, 0.25) is 5.91 Å². The topological polar surface area (TPSA) is 55.9 Å². The first-order valence-electron chi connectivity index (χ1n) is 8.78. The van der Waals surface area contributed by atoms with E-state index in [0.717, 1.165) is 49.7 Å². The lowest BCUT2D eigenvalue weighted by atomic mass is 10.1. The van der Waals surface area contributed by atoms with Crippen molar-refractivity contribution in [1.29, 1.82) is 0 Å². The van der Waals surface area contributed by atoms with Gasteiger partial charge in [0.15, 0.2) is 0 Å². The zero-order chi connectivity index (χ0) is 17.8. The molecule has 3 rings (SSSR count). The lowest BCUT2D eigenvalue weighted by molar-refractivity contribution is -0.116. The highest BCUT2D eigenvalue weighted by Crippen LogP contribution is 2.24. The van der Waals surface area contributed by atoms with E-state index in [4.69, 9.17) is 0 Å². The van der Waals surface area contributed by atoms with Gasteiger partial charge in [0, 0.05) is 62.8 Å². The second kappa shape index (κ2) is 8.10. The van der Waals surface area contributed by atoms with Crippen molar-refractivity contribution in [2.45, 2.75) is 13.3 Å². The van der Waals surface area contributed by atoms with Crippen molar-refractivity contribution in [1.82, 2.24) is 9.80 Å². The maximum Gasteiger partial charge on any atom is 0.281 e. The van der Waals surface area contributed by atoms with Gasteiger partial charge in [-0.15, -0.1) is 0 Å². The Balaban J connectivity index is 1.53. The Morgan fingerprint density at radius 3 is 2.60 bits per heavy atom. The van der Waals surface area contributed by atoms with Gasteiger partial charge in [-0.05, 0) is 37.7 Å². The fraction of sp³-hybridized carbons (Fsp3) is 0.556. The Labute approximate surface area is 153 Å². The third-order valence-electron chi connectivity index (χ3n) is 4.81. The molecule has 0 bridgehead atoms. The first-order chi connectivity index (χ1) is 12.0. The van der Waals surface area contributed by atoms with Crippen molar-refractivity contribution in [2.75, 3.05) is 62.3 Å². The maximum absolute atomic E-state index is 12.2. The number of aryl methyl sites for hydroxylation is 1. The molecule has 2 aliphatic heterocycles. The number of nitrogens with zero attached hydrogens (tertiary/aromatic N) is 3. The first kappa shape index (κ1) is 18.1. The molecule has 0 saturated carbocycles. The van der Waals surface area contributed by atoms with E-state index in [9.17, 15) is 9.59 Å². The molecule has 0 aliphatic carbocycles. The van der Waals surface area contributed by atoms with Crippen LogP contribution in [0.3, 0.4) is 0 Å². The van der Waals surface area contributed by atoms with Gasteiger partial charge in [0.25, 0.3) is 5.24 Å². The smallest absolute Gasteiger partial charge is 0.281 e. The molecule has 2 amide bonds. The summed E-state index contributed by atoms with van der Waals surface area (Å²) in [4.78, 5) is 30.2. The van der Waals surface area contributed by atoms with Gasteiger partial charge in [0.1, 0.15) is 0 Å². The van der Waals surface area contributed by atoms with Crippen molar-refractivity contribution in [3.63, 3.8) is 0 Å². The number of rotatable bonds is 5. The predicted octanol–water partition coefficient (Wildman–Crippen LogP) is 2.24. The molecule has 1 N–H and O–H groups in total. The fourth-order valence-corrected chi connectivity index (χ4v) is 3.98. The van der Waals surface area contributed by atoms with E-state index in [1.54, 1.807) is 4.90 Å². The molecule has 2 heterocycles. The standard InChI is InChI=1S/C18H26N4O2S/c1-14-13-15(21-9-7-20(2)8-10-21)3-4-16(14)19-17(23)5-6-22-11-12-25-18(22)24/h3-4,13H,5-12H2,1-2H3,(H,19,23). The van der Waals surface area contributed by atoms with E-state index in [1.165, 1.54) is 17.4 Å². The van der Waals surface area contributed by atoms with Gasteiger partial charge in [-0.2, -0.15) is 0 Å². The van der Waals surface area contributed by atoms with Crippen molar-refractivity contribution >= 4 is 34.3 Å². The Bertz CT molecular complexity index is 644. The number of nitrogens with one attached hydrogen (secondary N) is 1. The molecule has 1 aromatic carbocycles. The third kappa shape index (κ3) is 4.67. The molecule has 25 heavy (non-hydrogen) atoms. The summed E-state index contributed by atoms with van der Waals surface area (Å²) in [6.45, 7) is 7.48. The van der Waals surface area contributed by atoms with Crippen LogP contribution in [0.25, 0.3) is 0 Å². The first-order valence-corrected chi connectivity index (χ1v) is 9.77. The molecular weight excluding hydrogens is 336 g/mol. The number of hydrogen-bond acceptors (Lipinski definition) is 5. The molecule has 0 aromatic heterocycles. The van der Waals surface area contributed by atoms with Crippen LogP contribution in [0.5, 0.6) is 0 Å². The largest absolute Gasteiger partial charge is 0.369 e. The maximum atomic E-state index is 12.2. The zero-order valence-electron chi connectivity index (χ0n) is 15.0. The van der Waals surface area contributed by atoms with E-state index >= 15 is 0 Å². The number of anilines is 2. The average Bonchev–Trinajstić information content (AvgIpc) is 3.01. The van der Waals surface area contributed by atoms with Crippen LogP contribution in [0.1, 0.15) is 12.0 Å². The molecule has 2 saturated heterocycles. The highest BCUT2D eigenvalue weighted by Gasteiger charge is 2.21. The monoisotopic (exact) mass is 362 g/mol. The van der Waals surface area contributed by atoms with Crippen LogP contribution in [0, 0.1) is 6.92 Å². The summed E-state index contributed by atoms with van der Waals surface area (Å²) in [7, 11) is 2.15. The van der Waals surface area contributed by atoms with Crippen LogP contribution in [-0.2, 0) is 4.79 Å². The van der Waals surface area contributed by atoms with E-state index in [2.05, 4.69) is 34.3 Å². The second-order valence-electron chi connectivity index (χ2n) is 6.69. The molecule has 2 aliphatic rings. The van der Waals surface area contributed by atoms with Gasteiger partial charge < -0.3 is 20.0 Å². The van der Waals surface area contributed by atoms with Crippen LogP contribution in [0.15, 0.2) is 18.2 Å². The molecular formula is C18H26N4O2S. The summed E-state index contributed by atoms with van der Waals surface area (Å²) in [6.07, 6.45) is 0.339. The van der Waals surface area contributed by atoms with Crippen molar-refractivity contribution in [3.8, 4) is 0 Å². The predicted molar refractivity (Wildman–Crippen MR) is 104 cm³/mol. The number of likely N-dealkylation sites (N-methyl/N-ethyl adjacent to an activating group) is 1. The Morgan fingerprint density at radius 2 is 1.96 bits per heavy atom. The highest BCUT2D eigenvalue weighted by atomic mass is 32.2. The van der Waals surface area contributed by atoms with E-state index in [-0.39, 0.29) is 11.1 Å². The van der Waals surface area contributed by atoms with E-state index < -0.39 is 0 Å². The molecule has 7 heteroatoms. The minimum atomic E-state index is -0.0415. The molecule has 6 nitrogen and oxygen atoms in total. The number of piperazine rings is 1. The number of hydrogen-bond donors (Lipinski definition) is 1. The fourth-order valence-electron chi connectivity index (χ4n) is 3.13. The Morgan fingerprint density at radius 1 is 1.20 bits per heavy atom. The number of amides is 2. The van der Waals surface area contributed by atoms with Gasteiger partial charge >= 0.3 is 0 Å². The third-order valence-corrected chi connectivity index (χ3v) is 5.70. The number of carbonyl (C=O) groups is 2. The second-order valence-corrected chi connectivity index (χ2v) is 7.74. The normalized spacial score (nSPS) is 18.7. The molecule has 136 valence electrons. The Kier molecular flexibility index (Phi) is 5.86. The molecule has 0 atom stereocenters. The number of benzene rings is 1. The molecule has 1 aromatic rings. The van der Waals surface area contributed by atoms with Crippen LogP contribution in [0.2, 0.25) is 0 Å². The van der Waals surface area contributed by atoms with Crippen LogP contribution < -0.4 is 10.2 Å². The number of thioether (sulfide) groups is 1. The summed E-state index contributed by atoms with van der Waals surface area (Å²) in [6, 6.07) is 6.20. The highest BCUT2D eigenvalue weighted by molar-refractivity contribution is 8.13. The van der Waals surface area contributed by atoms with Crippen LogP contribution in [-0.4, -0.2) is 73.0 Å². The van der Waals surface area contributed by atoms with E-state index in [0.29, 0.717) is 13.0 Å². The van der Waals surface area contributed by atoms with Crippen LogP contribution in [0.4, 0.5) is 16.2 Å². The minimum absolute atomic E-state index is 0.0415. The van der Waals surface area contributed by atoms with Crippen molar-refractivity contribution in [2.24, 2.45) is 0 Å². The quantitative estimate of drug-likeness (QED) is 0.871. The molecule has 0 radical (unpaired) electrons. The van der Waals surface area contributed by atoms with Gasteiger partial charge in [-0.1, -0.05) is 11.8 Å². The van der Waals surface area contributed by atoms with Crippen LogP contribution >= 0.6 is 11.8 Å². The summed E-state index contributed by atoms with van der Waals surface area (Å²) >= 11 is 1.33. The molecule has 2 fully saturated rings. The zero-order valence-corrected chi connectivity index (χ0v) is 15.8. The van der Waals surface area contributed by atoms with Gasteiger partial charge in [-0.3, -0.25) is 9.59 Å². The van der Waals surface area contributed by atoms with Crippen molar-refractivity contribution < 1.29 is 9.59 Å². The van der Waals surface area contributed by atoms with Gasteiger partial charge in [-0.25, -0.2) is 0 Å².